The van der Waals surface area contributed by atoms with Crippen molar-refractivity contribution in [1.29, 1.82) is 0 Å². The van der Waals surface area contributed by atoms with Gasteiger partial charge in [-0.15, -0.1) is 0 Å². The molecule has 0 radical (unpaired) electrons. The summed E-state index contributed by atoms with van der Waals surface area (Å²) in [5.41, 5.74) is 0.638. The number of carbonyl (C=O) groups is 2. The summed E-state index contributed by atoms with van der Waals surface area (Å²) in [5, 5.41) is 5.54. The highest BCUT2D eigenvalue weighted by Gasteiger charge is 2.22. The minimum absolute atomic E-state index is 0.0184. The smallest absolute Gasteiger partial charge is 0.279 e. The molecule has 21 heavy (non-hydrogen) atoms. The van der Waals surface area contributed by atoms with Gasteiger partial charge in [0.25, 0.3) is 11.8 Å². The third-order valence-corrected chi connectivity index (χ3v) is 3.29. The lowest BCUT2D eigenvalue weighted by atomic mass is 10.2. The van der Waals surface area contributed by atoms with Crippen LogP contribution in [0, 0.1) is 0 Å². The Morgan fingerprint density at radius 2 is 2.10 bits per heavy atom. The van der Waals surface area contributed by atoms with Gasteiger partial charge in [-0.1, -0.05) is 0 Å². The number of methoxy groups -OCH3 is 2. The van der Waals surface area contributed by atoms with E-state index in [0.29, 0.717) is 30.3 Å². The Kier molecular flexibility index (Phi) is 4.99. The molecule has 0 aliphatic carbocycles. The van der Waals surface area contributed by atoms with Gasteiger partial charge in [0.15, 0.2) is 24.6 Å². The highest BCUT2D eigenvalue weighted by atomic mass is 16.5. The fraction of sp³-hybridized carbons (Fsp3) is 0.429. The first kappa shape index (κ1) is 15.1. The van der Waals surface area contributed by atoms with E-state index in [1.807, 2.05) is 0 Å². The van der Waals surface area contributed by atoms with Crippen LogP contribution in [0.2, 0.25) is 0 Å². The molecule has 2 rings (SSSR count). The summed E-state index contributed by atoms with van der Waals surface area (Å²) in [6.07, 6.45) is 0. The van der Waals surface area contributed by atoms with Gasteiger partial charge in [0.2, 0.25) is 0 Å². The lowest BCUT2D eigenvalue weighted by Crippen LogP contribution is -3.16. The van der Waals surface area contributed by atoms with Crippen molar-refractivity contribution in [3.63, 3.8) is 0 Å². The molecule has 0 bridgehead atoms. The molecule has 2 amide bonds. The highest BCUT2D eigenvalue weighted by molar-refractivity contribution is 5.92. The molecule has 1 aliphatic rings. The summed E-state index contributed by atoms with van der Waals surface area (Å²) in [6.45, 7) is 1.96. The van der Waals surface area contributed by atoms with E-state index in [-0.39, 0.29) is 18.4 Å². The summed E-state index contributed by atoms with van der Waals surface area (Å²) in [5.74, 6) is 1.01. The molecule has 0 saturated carbocycles. The Bertz CT molecular complexity index is 533. The van der Waals surface area contributed by atoms with Crippen LogP contribution in [0.1, 0.15) is 0 Å². The number of rotatable bonds is 5. The second kappa shape index (κ2) is 6.94. The standard InChI is InChI=1S/C14H19N3O4/c1-20-11-4-3-10(7-12(11)21-2)16-14(19)9-17-6-5-15-13(18)8-17/h3-4,7H,5-6,8-9H2,1-2H3,(H,15,18)(H,16,19)/p+1. The summed E-state index contributed by atoms with van der Waals surface area (Å²) < 4.78 is 10.3. The van der Waals surface area contributed by atoms with Crippen LogP contribution in [0.5, 0.6) is 11.5 Å². The van der Waals surface area contributed by atoms with Gasteiger partial charge >= 0.3 is 0 Å². The van der Waals surface area contributed by atoms with E-state index in [9.17, 15) is 9.59 Å². The van der Waals surface area contributed by atoms with Crippen molar-refractivity contribution in [2.45, 2.75) is 0 Å². The van der Waals surface area contributed by atoms with E-state index < -0.39 is 0 Å². The Morgan fingerprint density at radius 3 is 2.76 bits per heavy atom. The summed E-state index contributed by atoms with van der Waals surface area (Å²) in [7, 11) is 3.10. The number of hydrogen-bond acceptors (Lipinski definition) is 4. The molecule has 7 nitrogen and oxygen atoms in total. The van der Waals surface area contributed by atoms with E-state index in [1.54, 1.807) is 32.4 Å². The average Bonchev–Trinajstić information content (AvgIpc) is 2.47. The lowest BCUT2D eigenvalue weighted by Gasteiger charge is -2.23. The highest BCUT2D eigenvalue weighted by Crippen LogP contribution is 2.29. The van der Waals surface area contributed by atoms with Crippen LogP contribution < -0.4 is 25.0 Å². The van der Waals surface area contributed by atoms with E-state index in [1.165, 1.54) is 0 Å². The van der Waals surface area contributed by atoms with Gasteiger partial charge in [-0.05, 0) is 12.1 Å². The zero-order valence-electron chi connectivity index (χ0n) is 12.2. The molecule has 1 atom stereocenters. The molecule has 1 fully saturated rings. The SMILES string of the molecule is COc1ccc(NC(=O)C[NH+]2CCNC(=O)C2)cc1OC. The third kappa shape index (κ3) is 4.09. The molecule has 1 aliphatic heterocycles. The summed E-state index contributed by atoms with van der Waals surface area (Å²) >= 11 is 0. The third-order valence-electron chi connectivity index (χ3n) is 3.29. The molecule has 1 aromatic carbocycles. The molecule has 3 N–H and O–H groups in total. The fourth-order valence-corrected chi connectivity index (χ4v) is 2.25. The number of quaternary nitrogens is 1. The van der Waals surface area contributed by atoms with Crippen molar-refractivity contribution in [2.24, 2.45) is 0 Å². The van der Waals surface area contributed by atoms with Crippen molar-refractivity contribution in [3.8, 4) is 11.5 Å². The molecule has 0 spiro atoms. The summed E-state index contributed by atoms with van der Waals surface area (Å²) in [6, 6.07) is 5.18. The first-order valence-corrected chi connectivity index (χ1v) is 6.74. The molecule has 0 aromatic heterocycles. The van der Waals surface area contributed by atoms with Crippen molar-refractivity contribution in [1.82, 2.24) is 5.32 Å². The number of amides is 2. The van der Waals surface area contributed by atoms with Crippen LogP contribution in [0.15, 0.2) is 18.2 Å². The van der Waals surface area contributed by atoms with Gasteiger partial charge in [-0.2, -0.15) is 0 Å². The minimum atomic E-state index is -0.132. The Balaban J connectivity index is 1.94. The van der Waals surface area contributed by atoms with Crippen LogP contribution in [0.4, 0.5) is 5.69 Å². The zero-order valence-corrected chi connectivity index (χ0v) is 12.2. The minimum Gasteiger partial charge on any atom is -0.493 e. The second-order valence-corrected chi connectivity index (χ2v) is 4.82. The predicted octanol–water partition coefficient (Wildman–Crippen LogP) is -1.34. The monoisotopic (exact) mass is 294 g/mol. The quantitative estimate of drug-likeness (QED) is 0.628. The number of ether oxygens (including phenoxy) is 2. The first-order chi connectivity index (χ1) is 10.1. The van der Waals surface area contributed by atoms with Gasteiger partial charge in [-0.25, -0.2) is 0 Å². The van der Waals surface area contributed by atoms with Gasteiger partial charge in [0, 0.05) is 11.8 Å². The van der Waals surface area contributed by atoms with E-state index in [0.717, 1.165) is 11.4 Å². The van der Waals surface area contributed by atoms with Crippen molar-refractivity contribution < 1.29 is 24.0 Å². The van der Waals surface area contributed by atoms with Crippen LogP contribution in [0.3, 0.4) is 0 Å². The van der Waals surface area contributed by atoms with Crippen molar-refractivity contribution in [2.75, 3.05) is 45.7 Å². The van der Waals surface area contributed by atoms with Crippen LogP contribution in [0.25, 0.3) is 0 Å². The van der Waals surface area contributed by atoms with E-state index >= 15 is 0 Å². The predicted molar refractivity (Wildman–Crippen MR) is 76.7 cm³/mol. The molecular weight excluding hydrogens is 274 g/mol. The topological polar surface area (TPSA) is 81.1 Å². The number of nitrogens with one attached hydrogen (secondary N) is 3. The summed E-state index contributed by atoms with van der Waals surface area (Å²) in [4.78, 5) is 24.2. The molecule has 114 valence electrons. The first-order valence-electron chi connectivity index (χ1n) is 6.74. The van der Waals surface area contributed by atoms with Crippen molar-refractivity contribution >= 4 is 17.5 Å². The van der Waals surface area contributed by atoms with Gasteiger partial charge in [-0.3, -0.25) is 9.59 Å². The number of carbonyl (C=O) groups excluding carboxylic acids is 2. The van der Waals surface area contributed by atoms with E-state index in [4.69, 9.17) is 9.47 Å². The molecular formula is C14H20N3O4+. The van der Waals surface area contributed by atoms with Gasteiger partial charge < -0.3 is 25.0 Å². The van der Waals surface area contributed by atoms with E-state index in [2.05, 4.69) is 10.6 Å². The molecule has 1 saturated heterocycles. The second-order valence-electron chi connectivity index (χ2n) is 4.82. The van der Waals surface area contributed by atoms with Crippen LogP contribution >= 0.6 is 0 Å². The molecule has 1 unspecified atom stereocenters. The average molecular weight is 294 g/mol. The maximum absolute atomic E-state index is 12.0. The molecule has 1 aromatic rings. The number of hydrogen-bond donors (Lipinski definition) is 3. The zero-order chi connectivity index (χ0) is 15.2. The number of benzene rings is 1. The Hall–Kier alpha value is -2.28. The molecule has 1 heterocycles. The number of piperazine rings is 1. The number of anilines is 1. The van der Waals surface area contributed by atoms with Gasteiger partial charge in [0.05, 0.1) is 27.3 Å². The largest absolute Gasteiger partial charge is 0.493 e. The maximum atomic E-state index is 12.0. The lowest BCUT2D eigenvalue weighted by molar-refractivity contribution is -0.885. The van der Waals surface area contributed by atoms with Gasteiger partial charge in [0.1, 0.15) is 0 Å². The Labute approximate surface area is 123 Å². The molecule has 7 heteroatoms. The van der Waals surface area contributed by atoms with Crippen LogP contribution in [-0.4, -0.2) is 52.2 Å². The Morgan fingerprint density at radius 1 is 1.33 bits per heavy atom. The normalized spacial score (nSPS) is 17.8. The maximum Gasteiger partial charge on any atom is 0.279 e. The fourth-order valence-electron chi connectivity index (χ4n) is 2.25. The van der Waals surface area contributed by atoms with Crippen molar-refractivity contribution in [3.05, 3.63) is 18.2 Å². The van der Waals surface area contributed by atoms with Crippen LogP contribution in [-0.2, 0) is 9.59 Å².